The number of non-ortho nitro benzene ring substituents is 2. The van der Waals surface area contributed by atoms with Crippen LogP contribution < -0.4 is 10.3 Å². The van der Waals surface area contributed by atoms with Gasteiger partial charge < -0.3 is 4.90 Å². The van der Waals surface area contributed by atoms with Gasteiger partial charge in [0.2, 0.25) is 0 Å². The SMILES string of the molecule is CN(c1ccc([N+](=O)[O-])cc1/C=N/Nc1ccc([N+](=O)[O-])cc1)C1CCCCC1. The summed E-state index contributed by atoms with van der Waals surface area (Å²) in [6.45, 7) is 0. The molecule has 1 saturated carbocycles. The lowest BCUT2D eigenvalue weighted by molar-refractivity contribution is -0.385. The molecule has 1 aliphatic carbocycles. The number of hydrogen-bond acceptors (Lipinski definition) is 7. The molecule has 0 spiro atoms. The minimum Gasteiger partial charge on any atom is -0.371 e. The third-order valence-corrected chi connectivity index (χ3v) is 5.20. The zero-order chi connectivity index (χ0) is 20.8. The molecule has 29 heavy (non-hydrogen) atoms. The number of hydrazone groups is 1. The summed E-state index contributed by atoms with van der Waals surface area (Å²) in [4.78, 5) is 23.2. The average Bonchev–Trinajstić information content (AvgIpc) is 2.74. The van der Waals surface area contributed by atoms with E-state index in [1.54, 1.807) is 24.4 Å². The van der Waals surface area contributed by atoms with Crippen molar-refractivity contribution in [2.75, 3.05) is 17.4 Å². The van der Waals surface area contributed by atoms with Crippen LogP contribution in [0, 0.1) is 20.2 Å². The molecule has 0 saturated heterocycles. The average molecular weight is 397 g/mol. The number of anilines is 2. The van der Waals surface area contributed by atoms with E-state index in [9.17, 15) is 20.2 Å². The van der Waals surface area contributed by atoms with Crippen LogP contribution in [-0.4, -0.2) is 29.2 Å². The zero-order valence-corrected chi connectivity index (χ0v) is 16.2. The predicted octanol–water partition coefficient (Wildman–Crippen LogP) is 4.72. The summed E-state index contributed by atoms with van der Waals surface area (Å²) in [6.07, 6.45) is 7.37. The van der Waals surface area contributed by atoms with Crippen molar-refractivity contribution in [3.8, 4) is 0 Å². The summed E-state index contributed by atoms with van der Waals surface area (Å²) in [5.41, 5.74) is 4.92. The van der Waals surface area contributed by atoms with Crippen LogP contribution in [0.25, 0.3) is 0 Å². The van der Waals surface area contributed by atoms with Gasteiger partial charge in [0, 0.05) is 48.6 Å². The first-order chi connectivity index (χ1) is 14.0. The quantitative estimate of drug-likeness (QED) is 0.411. The first-order valence-corrected chi connectivity index (χ1v) is 9.50. The van der Waals surface area contributed by atoms with E-state index in [-0.39, 0.29) is 11.4 Å². The van der Waals surface area contributed by atoms with Crippen LogP contribution in [0.1, 0.15) is 37.7 Å². The first kappa shape index (κ1) is 20.2. The lowest BCUT2D eigenvalue weighted by atomic mass is 9.94. The maximum Gasteiger partial charge on any atom is 0.270 e. The van der Waals surface area contributed by atoms with Crippen LogP contribution in [0.15, 0.2) is 47.6 Å². The molecule has 9 nitrogen and oxygen atoms in total. The van der Waals surface area contributed by atoms with Crippen molar-refractivity contribution >= 4 is 29.0 Å². The molecule has 0 unspecified atom stereocenters. The van der Waals surface area contributed by atoms with Gasteiger partial charge in [0.05, 0.1) is 21.7 Å². The monoisotopic (exact) mass is 397 g/mol. The van der Waals surface area contributed by atoms with E-state index in [0.29, 0.717) is 17.3 Å². The summed E-state index contributed by atoms with van der Waals surface area (Å²) in [7, 11) is 2.01. The molecule has 0 heterocycles. The molecule has 3 rings (SSSR count). The van der Waals surface area contributed by atoms with Gasteiger partial charge in [-0.3, -0.25) is 25.7 Å². The summed E-state index contributed by atoms with van der Waals surface area (Å²) < 4.78 is 0. The molecular weight excluding hydrogens is 374 g/mol. The van der Waals surface area contributed by atoms with Crippen molar-refractivity contribution in [3.05, 3.63) is 68.3 Å². The second kappa shape index (κ2) is 9.13. The van der Waals surface area contributed by atoms with Crippen molar-refractivity contribution in [2.45, 2.75) is 38.1 Å². The van der Waals surface area contributed by atoms with Crippen LogP contribution in [0.4, 0.5) is 22.7 Å². The van der Waals surface area contributed by atoms with Crippen LogP contribution in [0.5, 0.6) is 0 Å². The lowest BCUT2D eigenvalue weighted by Crippen LogP contribution is -2.34. The number of nitrogens with one attached hydrogen (secondary N) is 1. The zero-order valence-electron chi connectivity index (χ0n) is 16.2. The van der Waals surface area contributed by atoms with Gasteiger partial charge in [-0.25, -0.2) is 0 Å². The summed E-state index contributed by atoms with van der Waals surface area (Å²) in [6, 6.07) is 11.1. The van der Waals surface area contributed by atoms with Crippen LogP contribution >= 0.6 is 0 Å². The largest absolute Gasteiger partial charge is 0.371 e. The highest BCUT2D eigenvalue weighted by molar-refractivity contribution is 5.89. The Hall–Kier alpha value is -3.49. The fraction of sp³-hybridized carbons (Fsp3) is 0.350. The highest BCUT2D eigenvalue weighted by atomic mass is 16.6. The van der Waals surface area contributed by atoms with E-state index in [1.807, 2.05) is 7.05 Å². The minimum absolute atomic E-state index is 0.00239. The predicted molar refractivity (Wildman–Crippen MR) is 113 cm³/mol. The third kappa shape index (κ3) is 5.07. The topological polar surface area (TPSA) is 114 Å². The molecule has 152 valence electrons. The van der Waals surface area contributed by atoms with Gasteiger partial charge in [-0.05, 0) is 31.0 Å². The van der Waals surface area contributed by atoms with Gasteiger partial charge in [0.1, 0.15) is 0 Å². The van der Waals surface area contributed by atoms with E-state index in [0.717, 1.165) is 18.5 Å². The van der Waals surface area contributed by atoms with E-state index in [2.05, 4.69) is 15.4 Å². The Morgan fingerprint density at radius 1 is 1.00 bits per heavy atom. The molecule has 1 aliphatic rings. The fourth-order valence-corrected chi connectivity index (χ4v) is 3.58. The van der Waals surface area contributed by atoms with Crippen molar-refractivity contribution in [1.29, 1.82) is 0 Å². The Morgan fingerprint density at radius 3 is 2.24 bits per heavy atom. The molecular formula is C20H23N5O4. The summed E-state index contributed by atoms with van der Waals surface area (Å²) in [5.74, 6) is 0. The highest BCUT2D eigenvalue weighted by Gasteiger charge is 2.21. The van der Waals surface area contributed by atoms with E-state index in [1.165, 1.54) is 43.5 Å². The Kier molecular flexibility index (Phi) is 6.38. The molecule has 0 atom stereocenters. The molecule has 9 heteroatoms. The molecule has 0 amide bonds. The van der Waals surface area contributed by atoms with Crippen molar-refractivity contribution in [2.24, 2.45) is 5.10 Å². The van der Waals surface area contributed by atoms with Gasteiger partial charge in [-0.2, -0.15) is 5.10 Å². The molecule has 0 aromatic heterocycles. The molecule has 0 radical (unpaired) electrons. The maximum atomic E-state index is 11.2. The normalized spacial score (nSPS) is 14.7. The fourth-order valence-electron chi connectivity index (χ4n) is 3.58. The standard InChI is InChI=1S/C20H23N5O4/c1-23(17-5-3-2-4-6-17)20-12-11-19(25(28)29)13-15(20)14-21-22-16-7-9-18(10-8-16)24(26)27/h7-14,17,22H,2-6H2,1H3/b21-14+. The number of hydrogen-bond donors (Lipinski definition) is 1. The van der Waals surface area contributed by atoms with Gasteiger partial charge in [-0.1, -0.05) is 19.3 Å². The highest BCUT2D eigenvalue weighted by Crippen LogP contribution is 2.30. The summed E-state index contributed by atoms with van der Waals surface area (Å²) >= 11 is 0. The number of nitro benzene ring substituents is 2. The molecule has 1 N–H and O–H groups in total. The Bertz CT molecular complexity index is 908. The summed E-state index contributed by atoms with van der Waals surface area (Å²) in [5, 5.41) is 26.1. The van der Waals surface area contributed by atoms with E-state index < -0.39 is 9.85 Å². The Balaban J connectivity index is 1.81. The second-order valence-electron chi connectivity index (χ2n) is 7.08. The number of rotatable bonds is 7. The lowest BCUT2D eigenvalue weighted by Gasteiger charge is -2.33. The minimum atomic E-state index is -0.469. The van der Waals surface area contributed by atoms with E-state index in [4.69, 9.17) is 0 Å². The van der Waals surface area contributed by atoms with Gasteiger partial charge in [0.25, 0.3) is 11.4 Å². The molecule has 0 aliphatic heterocycles. The molecule has 1 fully saturated rings. The third-order valence-electron chi connectivity index (χ3n) is 5.20. The van der Waals surface area contributed by atoms with Crippen molar-refractivity contribution in [3.63, 3.8) is 0 Å². The Morgan fingerprint density at radius 2 is 1.62 bits per heavy atom. The van der Waals surface area contributed by atoms with Gasteiger partial charge in [-0.15, -0.1) is 0 Å². The Labute approximate surface area is 168 Å². The van der Waals surface area contributed by atoms with Crippen LogP contribution in [0.2, 0.25) is 0 Å². The molecule has 0 bridgehead atoms. The smallest absolute Gasteiger partial charge is 0.270 e. The van der Waals surface area contributed by atoms with Crippen molar-refractivity contribution in [1.82, 2.24) is 0 Å². The van der Waals surface area contributed by atoms with Gasteiger partial charge in [0.15, 0.2) is 0 Å². The van der Waals surface area contributed by atoms with Crippen LogP contribution in [-0.2, 0) is 0 Å². The van der Waals surface area contributed by atoms with E-state index >= 15 is 0 Å². The molecule has 2 aromatic carbocycles. The number of benzene rings is 2. The maximum absolute atomic E-state index is 11.2. The van der Waals surface area contributed by atoms with Crippen LogP contribution in [0.3, 0.4) is 0 Å². The molecule has 2 aromatic rings. The van der Waals surface area contributed by atoms with Crippen molar-refractivity contribution < 1.29 is 9.85 Å². The number of nitro groups is 2. The number of nitrogens with zero attached hydrogens (tertiary/aromatic N) is 4. The second-order valence-corrected chi connectivity index (χ2v) is 7.08. The first-order valence-electron chi connectivity index (χ1n) is 9.50. The van der Waals surface area contributed by atoms with Gasteiger partial charge >= 0.3 is 0 Å².